The number of halogens is 2. The van der Waals surface area contributed by atoms with E-state index in [4.69, 9.17) is 4.74 Å². The van der Waals surface area contributed by atoms with E-state index in [1.807, 2.05) is 24.3 Å². The van der Waals surface area contributed by atoms with Crippen LogP contribution in [0.4, 0.5) is 0 Å². The van der Waals surface area contributed by atoms with Crippen LogP contribution in [0.3, 0.4) is 0 Å². The number of esters is 1. The van der Waals surface area contributed by atoms with Crippen molar-refractivity contribution < 1.29 is 14.3 Å². The maximum atomic E-state index is 11.9. The summed E-state index contributed by atoms with van der Waals surface area (Å²) in [6.07, 6.45) is 2.94. The molecule has 0 heterocycles. The Morgan fingerprint density at radius 1 is 1.00 bits per heavy atom. The summed E-state index contributed by atoms with van der Waals surface area (Å²) in [7, 11) is 0. The molecular formula is C17H12Br2O3. The van der Waals surface area contributed by atoms with Crippen molar-refractivity contribution >= 4 is 49.7 Å². The molecule has 0 radical (unpaired) electrons. The van der Waals surface area contributed by atoms with Crippen molar-refractivity contribution in [2.24, 2.45) is 0 Å². The molecule has 2 aromatic rings. The second kappa shape index (κ2) is 8.06. The first kappa shape index (κ1) is 16.6. The molecule has 2 aromatic carbocycles. The molecule has 0 aliphatic heterocycles. The average Bonchev–Trinajstić information content (AvgIpc) is 2.51. The van der Waals surface area contributed by atoms with Crippen LogP contribution in [-0.2, 0) is 9.53 Å². The standard InChI is InChI=1S/C17H12Br2O3/c18-14-7-5-13(6-8-14)16(20)11-22-17(21)9-4-12-2-1-3-15(19)10-12/h1-10H,11H2. The number of hydrogen-bond donors (Lipinski definition) is 0. The maximum absolute atomic E-state index is 11.9. The summed E-state index contributed by atoms with van der Waals surface area (Å²) in [6, 6.07) is 14.4. The van der Waals surface area contributed by atoms with Crippen molar-refractivity contribution in [2.75, 3.05) is 6.61 Å². The predicted octanol–water partition coefficient (Wildman–Crippen LogP) is 4.65. The lowest BCUT2D eigenvalue weighted by Crippen LogP contribution is -2.12. The average molecular weight is 424 g/mol. The molecule has 0 bridgehead atoms. The lowest BCUT2D eigenvalue weighted by molar-refractivity contribution is -0.136. The molecule has 5 heteroatoms. The third-order valence-electron chi connectivity index (χ3n) is 2.77. The maximum Gasteiger partial charge on any atom is 0.331 e. The van der Waals surface area contributed by atoms with E-state index in [0.29, 0.717) is 5.56 Å². The first-order valence-corrected chi connectivity index (χ1v) is 8.02. The molecule has 0 saturated heterocycles. The molecular weight excluding hydrogens is 412 g/mol. The van der Waals surface area contributed by atoms with Gasteiger partial charge >= 0.3 is 5.97 Å². The summed E-state index contributed by atoms with van der Waals surface area (Å²) in [5.74, 6) is -0.790. The van der Waals surface area contributed by atoms with Gasteiger partial charge in [0.2, 0.25) is 0 Å². The summed E-state index contributed by atoms with van der Waals surface area (Å²) in [5.41, 5.74) is 1.37. The van der Waals surface area contributed by atoms with E-state index >= 15 is 0 Å². The Morgan fingerprint density at radius 3 is 2.41 bits per heavy atom. The van der Waals surface area contributed by atoms with Gasteiger partial charge in [-0.1, -0.05) is 56.1 Å². The Labute approximate surface area is 145 Å². The molecule has 0 aromatic heterocycles. The van der Waals surface area contributed by atoms with Crippen LogP contribution >= 0.6 is 31.9 Å². The van der Waals surface area contributed by atoms with Gasteiger partial charge in [-0.15, -0.1) is 0 Å². The van der Waals surface area contributed by atoms with Crippen LogP contribution in [0.1, 0.15) is 15.9 Å². The molecule has 3 nitrogen and oxygen atoms in total. The van der Waals surface area contributed by atoms with E-state index in [0.717, 1.165) is 14.5 Å². The highest BCUT2D eigenvalue weighted by Crippen LogP contribution is 2.13. The van der Waals surface area contributed by atoms with Crippen LogP contribution in [-0.4, -0.2) is 18.4 Å². The highest BCUT2D eigenvalue weighted by molar-refractivity contribution is 9.10. The molecule has 2 rings (SSSR count). The number of carbonyl (C=O) groups excluding carboxylic acids is 2. The third kappa shape index (κ3) is 5.24. The molecule has 0 amide bonds. The fourth-order valence-electron chi connectivity index (χ4n) is 1.68. The normalized spacial score (nSPS) is 10.6. The molecule has 112 valence electrons. The lowest BCUT2D eigenvalue weighted by Gasteiger charge is -2.02. The number of ether oxygens (including phenoxy) is 1. The first-order valence-electron chi connectivity index (χ1n) is 6.44. The number of hydrogen-bond acceptors (Lipinski definition) is 3. The van der Waals surface area contributed by atoms with Crippen LogP contribution in [0.2, 0.25) is 0 Å². The number of benzene rings is 2. The summed E-state index contributed by atoms with van der Waals surface area (Å²) in [6.45, 7) is -0.275. The van der Waals surface area contributed by atoms with E-state index in [-0.39, 0.29) is 12.4 Å². The Balaban J connectivity index is 1.87. The highest BCUT2D eigenvalue weighted by atomic mass is 79.9. The topological polar surface area (TPSA) is 43.4 Å². The van der Waals surface area contributed by atoms with Gasteiger partial charge in [0.25, 0.3) is 0 Å². The number of rotatable bonds is 5. The molecule has 0 aliphatic rings. The second-order valence-corrected chi connectivity index (χ2v) is 6.26. The van der Waals surface area contributed by atoms with Gasteiger partial charge in [-0.05, 0) is 35.9 Å². The van der Waals surface area contributed by atoms with Gasteiger partial charge in [0.05, 0.1) is 0 Å². The monoisotopic (exact) mass is 422 g/mol. The fourth-order valence-corrected chi connectivity index (χ4v) is 2.36. The van der Waals surface area contributed by atoms with Crippen molar-refractivity contribution in [3.63, 3.8) is 0 Å². The van der Waals surface area contributed by atoms with Crippen molar-refractivity contribution in [3.05, 3.63) is 74.7 Å². The highest BCUT2D eigenvalue weighted by Gasteiger charge is 2.08. The minimum atomic E-state index is -0.551. The van der Waals surface area contributed by atoms with Gasteiger partial charge < -0.3 is 4.74 Å². The van der Waals surface area contributed by atoms with Crippen molar-refractivity contribution in [1.82, 2.24) is 0 Å². The zero-order valence-corrected chi connectivity index (χ0v) is 14.6. The molecule has 22 heavy (non-hydrogen) atoms. The minimum absolute atomic E-state index is 0.239. The smallest absolute Gasteiger partial charge is 0.331 e. The van der Waals surface area contributed by atoms with Gasteiger partial charge in [-0.2, -0.15) is 0 Å². The largest absolute Gasteiger partial charge is 0.454 e. The number of carbonyl (C=O) groups is 2. The Bertz CT molecular complexity index is 706. The van der Waals surface area contributed by atoms with E-state index in [1.54, 1.807) is 30.3 Å². The van der Waals surface area contributed by atoms with Crippen LogP contribution < -0.4 is 0 Å². The quantitative estimate of drug-likeness (QED) is 0.399. The molecule has 0 unspecified atom stereocenters. The van der Waals surface area contributed by atoms with Crippen LogP contribution in [0, 0.1) is 0 Å². The van der Waals surface area contributed by atoms with Crippen molar-refractivity contribution in [3.8, 4) is 0 Å². The zero-order chi connectivity index (χ0) is 15.9. The molecule has 0 saturated carbocycles. The van der Waals surface area contributed by atoms with Gasteiger partial charge in [0, 0.05) is 20.6 Å². The van der Waals surface area contributed by atoms with Gasteiger partial charge in [0.1, 0.15) is 0 Å². The Kier molecular flexibility index (Phi) is 6.10. The predicted molar refractivity (Wildman–Crippen MR) is 92.6 cm³/mol. The van der Waals surface area contributed by atoms with Crippen LogP contribution in [0.15, 0.2) is 63.6 Å². The Hall–Kier alpha value is -1.72. The van der Waals surface area contributed by atoms with E-state index in [9.17, 15) is 9.59 Å². The molecule has 0 atom stereocenters. The fraction of sp³-hybridized carbons (Fsp3) is 0.0588. The zero-order valence-electron chi connectivity index (χ0n) is 11.5. The molecule has 0 aliphatic carbocycles. The number of Topliss-reactive ketones (excluding diaryl/α,β-unsaturated/α-hetero) is 1. The van der Waals surface area contributed by atoms with Gasteiger partial charge in [0.15, 0.2) is 12.4 Å². The Morgan fingerprint density at radius 2 is 1.73 bits per heavy atom. The summed E-state index contributed by atoms with van der Waals surface area (Å²) >= 11 is 6.65. The number of ketones is 1. The molecule has 0 fully saturated rings. The molecule has 0 N–H and O–H groups in total. The van der Waals surface area contributed by atoms with E-state index in [1.165, 1.54) is 6.08 Å². The molecule has 0 spiro atoms. The summed E-state index contributed by atoms with van der Waals surface area (Å²) in [5, 5.41) is 0. The third-order valence-corrected chi connectivity index (χ3v) is 3.79. The van der Waals surface area contributed by atoms with Crippen LogP contribution in [0.5, 0.6) is 0 Å². The van der Waals surface area contributed by atoms with Gasteiger partial charge in [-0.3, -0.25) is 4.79 Å². The lowest BCUT2D eigenvalue weighted by atomic mass is 10.1. The summed E-state index contributed by atoms with van der Waals surface area (Å²) in [4.78, 5) is 23.5. The van der Waals surface area contributed by atoms with E-state index in [2.05, 4.69) is 31.9 Å². The van der Waals surface area contributed by atoms with E-state index < -0.39 is 5.97 Å². The second-order valence-electron chi connectivity index (χ2n) is 4.43. The SMILES string of the molecule is O=C(C=Cc1cccc(Br)c1)OCC(=O)c1ccc(Br)cc1. The van der Waals surface area contributed by atoms with Crippen LogP contribution in [0.25, 0.3) is 6.08 Å². The summed E-state index contributed by atoms with van der Waals surface area (Å²) < 4.78 is 6.75. The first-order chi connectivity index (χ1) is 10.5. The van der Waals surface area contributed by atoms with Gasteiger partial charge in [-0.25, -0.2) is 4.79 Å². The minimum Gasteiger partial charge on any atom is -0.454 e. The van der Waals surface area contributed by atoms with Crippen molar-refractivity contribution in [2.45, 2.75) is 0 Å². The van der Waals surface area contributed by atoms with Crippen molar-refractivity contribution in [1.29, 1.82) is 0 Å².